The molecule has 1 heterocycles. The Morgan fingerprint density at radius 1 is 1.10 bits per heavy atom. The zero-order chi connectivity index (χ0) is 15.1. The standard InChI is InChI=1S/C16H21N3O2/c1-4-20-14-5-7-15(8-6-14)21-16-11-17-9-13(19-16)10-18-12(2)3/h5-9,11-12,18H,4,10H2,1-3H3. The molecule has 0 aliphatic heterocycles. The Kier molecular flexibility index (Phi) is 5.51. The van der Waals surface area contributed by atoms with Crippen LogP contribution in [0.1, 0.15) is 26.5 Å². The smallest absolute Gasteiger partial charge is 0.238 e. The van der Waals surface area contributed by atoms with E-state index in [4.69, 9.17) is 9.47 Å². The first kappa shape index (κ1) is 15.3. The van der Waals surface area contributed by atoms with Gasteiger partial charge in [0, 0.05) is 18.8 Å². The minimum Gasteiger partial charge on any atom is -0.494 e. The van der Waals surface area contributed by atoms with E-state index in [1.807, 2.05) is 31.2 Å². The number of hydrogen-bond donors (Lipinski definition) is 1. The summed E-state index contributed by atoms with van der Waals surface area (Å²) in [4.78, 5) is 8.57. The maximum Gasteiger partial charge on any atom is 0.238 e. The van der Waals surface area contributed by atoms with Gasteiger partial charge in [-0.05, 0) is 31.2 Å². The van der Waals surface area contributed by atoms with Crippen LogP contribution in [0.3, 0.4) is 0 Å². The molecule has 0 bridgehead atoms. The molecule has 0 fully saturated rings. The summed E-state index contributed by atoms with van der Waals surface area (Å²) in [6.07, 6.45) is 3.34. The van der Waals surface area contributed by atoms with E-state index < -0.39 is 0 Å². The van der Waals surface area contributed by atoms with Gasteiger partial charge in [-0.1, -0.05) is 13.8 Å². The van der Waals surface area contributed by atoms with Crippen LogP contribution >= 0.6 is 0 Å². The van der Waals surface area contributed by atoms with E-state index in [1.54, 1.807) is 12.4 Å². The van der Waals surface area contributed by atoms with E-state index >= 15 is 0 Å². The molecule has 5 heteroatoms. The Morgan fingerprint density at radius 3 is 2.48 bits per heavy atom. The van der Waals surface area contributed by atoms with Crippen LogP contribution in [0, 0.1) is 0 Å². The molecule has 0 atom stereocenters. The van der Waals surface area contributed by atoms with Gasteiger partial charge in [-0.15, -0.1) is 0 Å². The average molecular weight is 287 g/mol. The Bertz CT molecular complexity index is 556. The number of benzene rings is 1. The molecular formula is C16H21N3O2. The molecule has 2 aromatic rings. The summed E-state index contributed by atoms with van der Waals surface area (Å²) in [5, 5.41) is 3.30. The summed E-state index contributed by atoms with van der Waals surface area (Å²) in [7, 11) is 0. The monoisotopic (exact) mass is 287 g/mol. The topological polar surface area (TPSA) is 56.3 Å². The van der Waals surface area contributed by atoms with Gasteiger partial charge in [0.1, 0.15) is 11.5 Å². The summed E-state index contributed by atoms with van der Waals surface area (Å²) in [6.45, 7) is 7.46. The van der Waals surface area contributed by atoms with Crippen molar-refractivity contribution in [1.29, 1.82) is 0 Å². The quantitative estimate of drug-likeness (QED) is 0.847. The Balaban J connectivity index is 2.00. The summed E-state index contributed by atoms with van der Waals surface area (Å²) >= 11 is 0. The number of ether oxygens (including phenoxy) is 2. The van der Waals surface area contributed by atoms with Crippen molar-refractivity contribution in [3.63, 3.8) is 0 Å². The molecule has 2 rings (SSSR count). The number of nitrogens with zero attached hydrogens (tertiary/aromatic N) is 2. The highest BCUT2D eigenvalue weighted by molar-refractivity contribution is 5.33. The molecular weight excluding hydrogens is 266 g/mol. The van der Waals surface area contributed by atoms with Crippen molar-refractivity contribution in [2.24, 2.45) is 0 Å². The molecule has 0 saturated carbocycles. The molecule has 0 radical (unpaired) electrons. The molecule has 1 aromatic heterocycles. The second kappa shape index (κ2) is 7.59. The number of aromatic nitrogens is 2. The predicted octanol–water partition coefficient (Wildman–Crippen LogP) is 3.17. The van der Waals surface area contributed by atoms with Gasteiger partial charge in [-0.2, -0.15) is 0 Å². The van der Waals surface area contributed by atoms with Crippen LogP contribution in [-0.2, 0) is 6.54 Å². The van der Waals surface area contributed by atoms with E-state index in [2.05, 4.69) is 29.1 Å². The summed E-state index contributed by atoms with van der Waals surface area (Å²) in [6, 6.07) is 7.85. The maximum absolute atomic E-state index is 5.70. The molecule has 0 unspecified atom stereocenters. The highest BCUT2D eigenvalue weighted by atomic mass is 16.5. The fourth-order valence-electron chi connectivity index (χ4n) is 1.72. The largest absolute Gasteiger partial charge is 0.494 e. The van der Waals surface area contributed by atoms with Crippen molar-refractivity contribution in [2.45, 2.75) is 33.4 Å². The van der Waals surface area contributed by atoms with Crippen LogP contribution in [0.5, 0.6) is 17.4 Å². The Morgan fingerprint density at radius 2 is 1.81 bits per heavy atom. The van der Waals surface area contributed by atoms with Crippen molar-refractivity contribution >= 4 is 0 Å². The first-order valence-electron chi connectivity index (χ1n) is 7.12. The van der Waals surface area contributed by atoms with E-state index in [9.17, 15) is 0 Å². The molecule has 21 heavy (non-hydrogen) atoms. The molecule has 5 nitrogen and oxygen atoms in total. The lowest BCUT2D eigenvalue weighted by Gasteiger charge is -2.09. The van der Waals surface area contributed by atoms with Crippen LogP contribution in [0.15, 0.2) is 36.7 Å². The van der Waals surface area contributed by atoms with E-state index in [-0.39, 0.29) is 0 Å². The molecule has 0 amide bonds. The number of rotatable bonds is 7. The number of hydrogen-bond acceptors (Lipinski definition) is 5. The van der Waals surface area contributed by atoms with Gasteiger partial charge in [0.2, 0.25) is 5.88 Å². The van der Waals surface area contributed by atoms with Crippen molar-refractivity contribution in [1.82, 2.24) is 15.3 Å². The molecule has 0 saturated heterocycles. The van der Waals surface area contributed by atoms with Crippen LogP contribution in [0.25, 0.3) is 0 Å². The molecule has 1 N–H and O–H groups in total. The lowest BCUT2D eigenvalue weighted by Crippen LogP contribution is -2.22. The third-order valence-corrected chi connectivity index (χ3v) is 2.71. The second-order valence-electron chi connectivity index (χ2n) is 4.89. The Hall–Kier alpha value is -2.14. The van der Waals surface area contributed by atoms with Crippen molar-refractivity contribution in [3.05, 3.63) is 42.4 Å². The minimum atomic E-state index is 0.405. The van der Waals surface area contributed by atoms with Crippen molar-refractivity contribution in [2.75, 3.05) is 6.61 Å². The fourth-order valence-corrected chi connectivity index (χ4v) is 1.72. The molecule has 1 aromatic carbocycles. The molecule has 0 aliphatic rings. The minimum absolute atomic E-state index is 0.405. The summed E-state index contributed by atoms with van der Waals surface area (Å²) < 4.78 is 11.1. The molecule has 0 spiro atoms. The van der Waals surface area contributed by atoms with E-state index in [1.165, 1.54) is 0 Å². The van der Waals surface area contributed by atoms with Crippen molar-refractivity contribution in [3.8, 4) is 17.4 Å². The van der Waals surface area contributed by atoms with Gasteiger partial charge in [0.05, 0.1) is 18.5 Å². The zero-order valence-electron chi connectivity index (χ0n) is 12.7. The van der Waals surface area contributed by atoms with Crippen LogP contribution in [-0.4, -0.2) is 22.6 Å². The van der Waals surface area contributed by atoms with Gasteiger partial charge in [-0.3, -0.25) is 4.98 Å². The maximum atomic E-state index is 5.70. The van der Waals surface area contributed by atoms with Gasteiger partial charge in [-0.25, -0.2) is 4.98 Å². The average Bonchev–Trinajstić information content (AvgIpc) is 2.48. The normalized spacial score (nSPS) is 10.7. The third kappa shape index (κ3) is 5.04. The fraction of sp³-hybridized carbons (Fsp3) is 0.375. The van der Waals surface area contributed by atoms with Crippen molar-refractivity contribution < 1.29 is 9.47 Å². The summed E-state index contributed by atoms with van der Waals surface area (Å²) in [5.74, 6) is 2.02. The first-order chi connectivity index (χ1) is 10.2. The van der Waals surface area contributed by atoms with E-state index in [0.29, 0.717) is 30.8 Å². The second-order valence-corrected chi connectivity index (χ2v) is 4.89. The highest BCUT2D eigenvalue weighted by Crippen LogP contribution is 2.22. The Labute approximate surface area is 125 Å². The number of nitrogens with one attached hydrogen (secondary N) is 1. The molecule has 112 valence electrons. The lowest BCUT2D eigenvalue weighted by atomic mass is 10.3. The SMILES string of the molecule is CCOc1ccc(Oc2cncc(CNC(C)C)n2)cc1. The summed E-state index contributed by atoms with van der Waals surface area (Å²) in [5.41, 5.74) is 0.854. The van der Waals surface area contributed by atoms with Crippen LogP contribution < -0.4 is 14.8 Å². The van der Waals surface area contributed by atoms with E-state index in [0.717, 1.165) is 11.4 Å². The zero-order valence-corrected chi connectivity index (χ0v) is 12.7. The van der Waals surface area contributed by atoms with Crippen LogP contribution in [0.4, 0.5) is 0 Å². The van der Waals surface area contributed by atoms with Crippen LogP contribution in [0.2, 0.25) is 0 Å². The van der Waals surface area contributed by atoms with Gasteiger partial charge < -0.3 is 14.8 Å². The van der Waals surface area contributed by atoms with Gasteiger partial charge in [0.25, 0.3) is 0 Å². The predicted molar refractivity (Wildman–Crippen MR) is 81.7 cm³/mol. The third-order valence-electron chi connectivity index (χ3n) is 2.71. The lowest BCUT2D eigenvalue weighted by molar-refractivity contribution is 0.339. The molecule has 0 aliphatic carbocycles. The first-order valence-corrected chi connectivity index (χ1v) is 7.12. The van der Waals surface area contributed by atoms with Gasteiger partial charge >= 0.3 is 0 Å². The highest BCUT2D eigenvalue weighted by Gasteiger charge is 2.03. The van der Waals surface area contributed by atoms with Gasteiger partial charge in [0.15, 0.2) is 0 Å².